The lowest BCUT2D eigenvalue weighted by atomic mass is 9.99. The van der Waals surface area contributed by atoms with Crippen LogP contribution in [0.25, 0.3) is 0 Å². The van der Waals surface area contributed by atoms with Crippen LogP contribution >= 0.6 is 30.3 Å². The minimum Gasteiger partial charge on any atom is -0.230 e. The zero-order valence-electron chi connectivity index (χ0n) is 8.99. The molecule has 0 saturated carbocycles. The van der Waals surface area contributed by atoms with Crippen LogP contribution in [0.1, 0.15) is 24.9 Å². The number of hydrogen-bond acceptors (Lipinski definition) is 2. The van der Waals surface area contributed by atoms with Gasteiger partial charge in [-0.25, -0.2) is 8.70 Å². The highest BCUT2D eigenvalue weighted by Gasteiger charge is 2.23. The third kappa shape index (κ3) is 2.78. The number of rotatable bonds is 2. The summed E-state index contributed by atoms with van der Waals surface area (Å²) < 4.78 is 15.2. The van der Waals surface area contributed by atoms with Crippen molar-refractivity contribution in [1.29, 1.82) is 0 Å². The van der Waals surface area contributed by atoms with Gasteiger partial charge in [-0.05, 0) is 40.2 Å². The quantitative estimate of drug-likeness (QED) is 0.439. The van der Waals surface area contributed by atoms with Crippen LogP contribution < -0.4 is 0 Å². The van der Waals surface area contributed by atoms with Gasteiger partial charge < -0.3 is 0 Å². The lowest BCUT2D eigenvalue weighted by Crippen LogP contribution is -2.25. The molecule has 1 atom stereocenters. The van der Waals surface area contributed by atoms with Crippen LogP contribution in [0.15, 0.2) is 35.9 Å². The summed E-state index contributed by atoms with van der Waals surface area (Å²) in [4.78, 5) is 0. The first-order valence-corrected chi connectivity index (χ1v) is 8.49. The maximum Gasteiger partial charge on any atom is 0.123 e. The Hall–Kier alpha value is -0.0700. The molecule has 4 heteroatoms. The molecule has 0 bridgehead atoms. The van der Waals surface area contributed by atoms with Crippen molar-refractivity contribution in [3.63, 3.8) is 0 Å². The summed E-state index contributed by atoms with van der Waals surface area (Å²) in [6.45, 7) is 3.14. The third-order valence-electron chi connectivity index (χ3n) is 2.79. The molecular weight excluding hydrogens is 336 g/mol. The van der Waals surface area contributed by atoms with E-state index in [0.29, 0.717) is 6.04 Å². The first-order chi connectivity index (χ1) is 7.70. The van der Waals surface area contributed by atoms with E-state index in [4.69, 9.17) is 0 Å². The van der Waals surface area contributed by atoms with E-state index < -0.39 is 0 Å². The molecule has 1 heterocycles. The topological polar surface area (TPSA) is 3.24 Å². The highest BCUT2D eigenvalue weighted by Crippen LogP contribution is 2.37. The van der Waals surface area contributed by atoms with E-state index in [0.717, 1.165) is 13.0 Å². The molecule has 0 aliphatic carbocycles. The largest absolute Gasteiger partial charge is 0.230 e. The summed E-state index contributed by atoms with van der Waals surface area (Å²) in [5.41, 5.74) is 2.59. The summed E-state index contributed by atoms with van der Waals surface area (Å²) >= 11 is 2.31. The lowest BCUT2D eigenvalue weighted by Gasteiger charge is -2.32. The van der Waals surface area contributed by atoms with Gasteiger partial charge in [0, 0.05) is 33.8 Å². The molecule has 0 fully saturated rings. The minimum atomic E-state index is -0.167. The Morgan fingerprint density at radius 3 is 2.69 bits per heavy atom. The number of benzene rings is 1. The Morgan fingerprint density at radius 2 is 2.06 bits per heavy atom. The van der Waals surface area contributed by atoms with Crippen LogP contribution in [0.3, 0.4) is 0 Å². The van der Waals surface area contributed by atoms with Gasteiger partial charge in [-0.1, -0.05) is 23.8 Å². The summed E-state index contributed by atoms with van der Waals surface area (Å²) in [5.74, 6) is -0.167. The van der Waals surface area contributed by atoms with Gasteiger partial charge in [0.1, 0.15) is 5.82 Å². The van der Waals surface area contributed by atoms with Gasteiger partial charge in [-0.15, -0.1) is 0 Å². The Bertz CT molecular complexity index is 391. The molecule has 0 aromatic heterocycles. The normalized spacial score (nSPS) is 21.9. The van der Waals surface area contributed by atoms with Crippen LogP contribution in [0.2, 0.25) is 0 Å². The maximum absolute atomic E-state index is 12.9. The van der Waals surface area contributed by atoms with Crippen LogP contribution in [-0.2, 0) is 0 Å². The third-order valence-corrected chi connectivity index (χ3v) is 4.86. The van der Waals surface area contributed by atoms with E-state index in [1.807, 2.05) is 12.1 Å². The molecule has 86 valence electrons. The van der Waals surface area contributed by atoms with Gasteiger partial charge in [-0.3, -0.25) is 0 Å². The van der Waals surface area contributed by atoms with E-state index in [9.17, 15) is 4.39 Å². The predicted molar refractivity (Wildman–Crippen MR) is 75.8 cm³/mol. The molecule has 1 aromatic carbocycles. The fraction of sp³-hybridized carbons (Fsp3) is 0.333. The molecule has 0 saturated heterocycles. The van der Waals surface area contributed by atoms with E-state index in [-0.39, 0.29) is 5.82 Å². The standard InChI is InChI=1S/C12H13FINS/c1-9-2-7-12(15(8-9)16-14)10-3-5-11(13)6-4-10/h2-6,12H,7-8H2,1H3. The Kier molecular flexibility index (Phi) is 4.27. The second kappa shape index (κ2) is 5.51. The molecule has 0 radical (unpaired) electrons. The highest BCUT2D eigenvalue weighted by atomic mass is 127. The van der Waals surface area contributed by atoms with Crippen LogP contribution in [0, 0.1) is 5.82 Å². The SMILES string of the molecule is CC1=CCC(c2ccc(F)cc2)N(SI)C1. The van der Waals surface area contributed by atoms with Gasteiger partial charge >= 0.3 is 0 Å². The monoisotopic (exact) mass is 349 g/mol. The predicted octanol–water partition coefficient (Wildman–Crippen LogP) is 4.52. The first-order valence-electron chi connectivity index (χ1n) is 5.17. The molecule has 1 aromatic rings. The summed E-state index contributed by atoms with van der Waals surface area (Å²) in [6.07, 6.45) is 3.28. The summed E-state index contributed by atoms with van der Waals surface area (Å²) in [5, 5.41) is 0. The Labute approximate surface area is 112 Å². The average molecular weight is 349 g/mol. The van der Waals surface area contributed by atoms with Crippen molar-refractivity contribution < 1.29 is 4.39 Å². The molecule has 1 nitrogen and oxygen atoms in total. The van der Waals surface area contributed by atoms with Crippen molar-refractivity contribution in [2.24, 2.45) is 0 Å². The van der Waals surface area contributed by atoms with Gasteiger partial charge in [0.05, 0.1) is 0 Å². The highest BCUT2D eigenvalue weighted by molar-refractivity contribution is 14.2. The molecule has 1 aliphatic rings. The fourth-order valence-corrected chi connectivity index (χ4v) is 3.71. The van der Waals surface area contributed by atoms with Crippen LogP contribution in [-0.4, -0.2) is 10.8 Å². The zero-order valence-corrected chi connectivity index (χ0v) is 12.0. The fourth-order valence-electron chi connectivity index (χ4n) is 1.91. The minimum absolute atomic E-state index is 0.167. The molecule has 1 aliphatic heterocycles. The van der Waals surface area contributed by atoms with Crippen molar-refractivity contribution in [2.75, 3.05) is 6.54 Å². The molecule has 16 heavy (non-hydrogen) atoms. The van der Waals surface area contributed by atoms with Crippen LogP contribution in [0.4, 0.5) is 4.39 Å². The van der Waals surface area contributed by atoms with Gasteiger partial charge in [0.2, 0.25) is 0 Å². The molecule has 2 rings (SSSR count). The van der Waals surface area contributed by atoms with Crippen molar-refractivity contribution in [1.82, 2.24) is 4.31 Å². The van der Waals surface area contributed by atoms with Gasteiger partial charge in [0.25, 0.3) is 0 Å². The van der Waals surface area contributed by atoms with E-state index in [2.05, 4.69) is 38.5 Å². The zero-order chi connectivity index (χ0) is 11.5. The number of halogens is 2. The first kappa shape index (κ1) is 12.4. The molecular formula is C12H13FINS. The summed E-state index contributed by atoms with van der Waals surface area (Å²) in [6, 6.07) is 7.21. The van der Waals surface area contributed by atoms with E-state index in [1.54, 1.807) is 9.12 Å². The van der Waals surface area contributed by atoms with E-state index in [1.165, 1.54) is 23.3 Å². The molecule has 0 amide bonds. The molecule has 0 N–H and O–H groups in total. The second-order valence-corrected chi connectivity index (χ2v) is 5.79. The Morgan fingerprint density at radius 1 is 1.38 bits per heavy atom. The smallest absolute Gasteiger partial charge is 0.123 e. The molecule has 0 spiro atoms. The maximum atomic E-state index is 12.9. The van der Waals surface area contributed by atoms with Crippen molar-refractivity contribution >= 4 is 30.3 Å². The van der Waals surface area contributed by atoms with Crippen molar-refractivity contribution in [3.8, 4) is 0 Å². The number of nitrogens with zero attached hydrogens (tertiary/aromatic N) is 1. The average Bonchev–Trinajstić information content (AvgIpc) is 2.30. The number of hydrogen-bond donors (Lipinski definition) is 0. The van der Waals surface area contributed by atoms with Crippen molar-refractivity contribution in [2.45, 2.75) is 19.4 Å². The Balaban J connectivity index is 2.22. The van der Waals surface area contributed by atoms with Gasteiger partial charge in [0.15, 0.2) is 0 Å². The molecule has 1 unspecified atom stereocenters. The van der Waals surface area contributed by atoms with Gasteiger partial charge in [-0.2, -0.15) is 0 Å². The van der Waals surface area contributed by atoms with Crippen molar-refractivity contribution in [3.05, 3.63) is 47.3 Å². The summed E-state index contributed by atoms with van der Waals surface area (Å²) in [7, 11) is 1.73. The lowest BCUT2D eigenvalue weighted by molar-refractivity contribution is 0.371. The van der Waals surface area contributed by atoms with Crippen LogP contribution in [0.5, 0.6) is 0 Å². The van der Waals surface area contributed by atoms with E-state index >= 15 is 0 Å². The second-order valence-electron chi connectivity index (χ2n) is 4.00.